The molecule has 2 heterocycles. The van der Waals surface area contributed by atoms with Crippen molar-refractivity contribution in [2.75, 3.05) is 0 Å². The van der Waals surface area contributed by atoms with Gasteiger partial charge < -0.3 is 4.74 Å². The maximum atomic E-state index is 15.8. The average Bonchev–Trinajstić information content (AvgIpc) is 3.93. The van der Waals surface area contributed by atoms with Crippen molar-refractivity contribution in [3.05, 3.63) is 60.2 Å². The lowest BCUT2D eigenvalue weighted by molar-refractivity contribution is -0.0811. The van der Waals surface area contributed by atoms with Gasteiger partial charge in [-0.2, -0.15) is 8.78 Å². The van der Waals surface area contributed by atoms with E-state index in [4.69, 9.17) is 4.74 Å². The first-order valence-electron chi connectivity index (χ1n) is 21.1. The molecule has 0 radical (unpaired) electrons. The zero-order valence-electron chi connectivity index (χ0n) is 32.4. The highest BCUT2D eigenvalue weighted by molar-refractivity contribution is 6.55. The summed E-state index contributed by atoms with van der Waals surface area (Å²) in [6.45, 7) is 7.09. The highest BCUT2D eigenvalue weighted by Crippen LogP contribution is 2.50. The van der Waals surface area contributed by atoms with Crippen LogP contribution in [0.4, 0.5) is 13.2 Å². The lowest BCUT2D eigenvalue weighted by atomic mass is 9.94. The van der Waals surface area contributed by atoms with E-state index >= 15 is 13.2 Å². The number of halogens is 3. The van der Waals surface area contributed by atoms with Crippen LogP contribution in [0.2, 0.25) is 6.04 Å². The van der Waals surface area contributed by atoms with Gasteiger partial charge in [0.1, 0.15) is 17.1 Å². The van der Waals surface area contributed by atoms with Gasteiger partial charge in [0.05, 0.1) is 15.1 Å². The van der Waals surface area contributed by atoms with E-state index in [0.717, 1.165) is 48.1 Å². The fourth-order valence-electron chi connectivity index (χ4n) is 8.11. The van der Waals surface area contributed by atoms with Crippen LogP contribution >= 0.6 is 0 Å². The summed E-state index contributed by atoms with van der Waals surface area (Å²) in [5.41, 5.74) is 1.33. The molecule has 1 aromatic heterocycles. The second-order valence-electron chi connectivity index (χ2n) is 16.4. The van der Waals surface area contributed by atoms with E-state index in [9.17, 15) is 0 Å². The van der Waals surface area contributed by atoms with Gasteiger partial charge in [-0.1, -0.05) is 172 Å². The standard InChI is InChI=1S/C45H65F3N2OSi/c1-4-5-11-18-33(2)19-14-15-20-34(3)29-30-52-40-23-17-16-22-37(40)36-31-49-44(50-32-36)38-27-28-39-42(43(38)46)45(47,48)41(51-39)24-13-10-8-6-7-9-12-21-35-25-26-35/h16-17,22-23,27-28,31-35,41H,4-15,18-21,24-26,29-30,52H2,1-3H3. The molecule has 3 unspecified atom stereocenters. The fourth-order valence-corrected chi connectivity index (χ4v) is 10.3. The van der Waals surface area contributed by atoms with Crippen molar-refractivity contribution in [2.24, 2.45) is 17.8 Å². The smallest absolute Gasteiger partial charge is 0.315 e. The number of hydrogen-bond acceptors (Lipinski definition) is 3. The van der Waals surface area contributed by atoms with Crippen molar-refractivity contribution in [2.45, 2.75) is 167 Å². The molecular weight excluding hydrogens is 670 g/mol. The van der Waals surface area contributed by atoms with E-state index < -0.39 is 32.9 Å². The first-order valence-corrected chi connectivity index (χ1v) is 22.8. The molecule has 5 rings (SSSR count). The van der Waals surface area contributed by atoms with Crippen molar-refractivity contribution >= 4 is 14.7 Å². The molecule has 2 aromatic carbocycles. The molecule has 2 aliphatic rings. The molecule has 0 N–H and O–H groups in total. The highest BCUT2D eigenvalue weighted by Gasteiger charge is 2.53. The minimum absolute atomic E-state index is 0.0153. The summed E-state index contributed by atoms with van der Waals surface area (Å²) in [7, 11) is -0.499. The van der Waals surface area contributed by atoms with Crippen molar-refractivity contribution in [1.29, 1.82) is 0 Å². The first kappa shape index (κ1) is 40.5. The van der Waals surface area contributed by atoms with Crippen LogP contribution in [-0.2, 0) is 5.92 Å². The van der Waals surface area contributed by atoms with Gasteiger partial charge in [-0.05, 0) is 48.3 Å². The van der Waals surface area contributed by atoms with E-state index in [1.54, 1.807) is 12.4 Å². The van der Waals surface area contributed by atoms with Gasteiger partial charge >= 0.3 is 5.92 Å². The Morgan fingerprint density at radius 1 is 0.750 bits per heavy atom. The predicted molar refractivity (Wildman–Crippen MR) is 214 cm³/mol. The van der Waals surface area contributed by atoms with Crippen LogP contribution in [0.1, 0.15) is 155 Å². The molecule has 0 bridgehead atoms. The number of nitrogens with zero attached hydrogens (tertiary/aromatic N) is 2. The molecule has 3 nitrogen and oxygen atoms in total. The summed E-state index contributed by atoms with van der Waals surface area (Å²) in [5.74, 6) is -1.74. The minimum Gasteiger partial charge on any atom is -0.483 e. The molecule has 52 heavy (non-hydrogen) atoms. The van der Waals surface area contributed by atoms with Crippen LogP contribution in [-0.4, -0.2) is 25.6 Å². The molecule has 1 aliphatic heterocycles. The molecule has 286 valence electrons. The Hall–Kier alpha value is -2.67. The molecule has 3 aromatic rings. The van der Waals surface area contributed by atoms with Gasteiger partial charge in [-0.25, -0.2) is 14.4 Å². The fraction of sp³-hybridized carbons (Fsp3) is 0.644. The Balaban J connectivity index is 1.09. The number of aromatic nitrogens is 2. The van der Waals surface area contributed by atoms with Gasteiger partial charge in [-0.3, -0.25) is 0 Å². The van der Waals surface area contributed by atoms with Crippen molar-refractivity contribution in [3.8, 4) is 28.3 Å². The molecular formula is C45H65F3N2OSi. The van der Waals surface area contributed by atoms with Crippen LogP contribution in [0.3, 0.4) is 0 Å². The molecule has 1 fully saturated rings. The normalized spacial score (nSPS) is 17.8. The molecule has 0 saturated heterocycles. The predicted octanol–water partition coefficient (Wildman–Crippen LogP) is 12.7. The third-order valence-corrected chi connectivity index (χ3v) is 13.6. The largest absolute Gasteiger partial charge is 0.483 e. The van der Waals surface area contributed by atoms with E-state index in [1.807, 2.05) is 6.07 Å². The molecule has 1 aliphatic carbocycles. The van der Waals surface area contributed by atoms with E-state index in [0.29, 0.717) is 6.42 Å². The molecule has 3 atom stereocenters. The van der Waals surface area contributed by atoms with Gasteiger partial charge in [0.2, 0.25) is 0 Å². The van der Waals surface area contributed by atoms with Gasteiger partial charge in [-0.15, -0.1) is 0 Å². The van der Waals surface area contributed by atoms with Gasteiger partial charge in [0.15, 0.2) is 11.9 Å². The lowest BCUT2D eigenvalue weighted by Gasteiger charge is -2.18. The maximum absolute atomic E-state index is 15.8. The number of fused-ring (bicyclic) bond motifs is 1. The Kier molecular flexibility index (Phi) is 16.1. The zero-order chi connectivity index (χ0) is 36.8. The summed E-state index contributed by atoms with van der Waals surface area (Å²) in [6.07, 6.45) is 26.1. The average molecular weight is 735 g/mol. The van der Waals surface area contributed by atoms with Crippen LogP contribution in [0, 0.1) is 23.6 Å². The number of benzene rings is 2. The van der Waals surface area contributed by atoms with Crippen molar-refractivity contribution in [1.82, 2.24) is 9.97 Å². The number of hydrogen-bond donors (Lipinski definition) is 0. The van der Waals surface area contributed by atoms with Crippen LogP contribution in [0.15, 0.2) is 48.8 Å². The number of unbranched alkanes of at least 4 members (excludes halogenated alkanes) is 9. The second-order valence-corrected chi connectivity index (χ2v) is 18.3. The third kappa shape index (κ3) is 11.9. The van der Waals surface area contributed by atoms with Gasteiger partial charge in [0, 0.05) is 18.0 Å². The first-order chi connectivity index (χ1) is 25.3. The molecule has 1 saturated carbocycles. The summed E-state index contributed by atoms with van der Waals surface area (Å²) in [5, 5.41) is 1.38. The lowest BCUT2D eigenvalue weighted by Crippen LogP contribution is -2.30. The number of rotatable bonds is 25. The summed E-state index contributed by atoms with van der Waals surface area (Å²) >= 11 is 0. The summed E-state index contributed by atoms with van der Waals surface area (Å²) < 4.78 is 52.6. The molecule has 7 heteroatoms. The topological polar surface area (TPSA) is 35.0 Å². The summed E-state index contributed by atoms with van der Waals surface area (Å²) in [6, 6.07) is 12.6. The number of alkyl halides is 2. The Morgan fingerprint density at radius 2 is 1.37 bits per heavy atom. The summed E-state index contributed by atoms with van der Waals surface area (Å²) in [4.78, 5) is 8.98. The Morgan fingerprint density at radius 3 is 2.04 bits per heavy atom. The highest BCUT2D eigenvalue weighted by atomic mass is 28.2. The Bertz CT molecular complexity index is 1490. The monoisotopic (exact) mass is 734 g/mol. The van der Waals surface area contributed by atoms with Gasteiger partial charge in [0.25, 0.3) is 0 Å². The van der Waals surface area contributed by atoms with Crippen LogP contribution in [0.25, 0.3) is 22.5 Å². The minimum atomic E-state index is -3.40. The third-order valence-electron chi connectivity index (χ3n) is 11.7. The van der Waals surface area contributed by atoms with E-state index in [1.165, 1.54) is 120 Å². The Labute approximate surface area is 315 Å². The van der Waals surface area contributed by atoms with Crippen LogP contribution < -0.4 is 9.92 Å². The number of ether oxygens (including phenoxy) is 1. The quantitative estimate of drug-likeness (QED) is 0.0642. The zero-order valence-corrected chi connectivity index (χ0v) is 33.8. The molecule has 0 spiro atoms. The van der Waals surface area contributed by atoms with Crippen molar-refractivity contribution in [3.63, 3.8) is 0 Å². The maximum Gasteiger partial charge on any atom is 0.315 e. The van der Waals surface area contributed by atoms with E-state index in [2.05, 4.69) is 48.9 Å². The second kappa shape index (κ2) is 20.7. The van der Waals surface area contributed by atoms with Crippen LogP contribution in [0.5, 0.6) is 5.75 Å². The van der Waals surface area contributed by atoms with E-state index in [-0.39, 0.29) is 23.6 Å². The SMILES string of the molecule is CCCCCC(C)CCCCC(C)CC[SiH2]c1ccccc1-c1cnc(-c2ccc3c(c2F)C(F)(F)C(CCCCCCCCCC2CC2)O3)nc1. The molecule has 0 amide bonds. The van der Waals surface area contributed by atoms with Crippen molar-refractivity contribution < 1.29 is 17.9 Å².